The Kier molecular flexibility index (Phi) is 3.20. The quantitative estimate of drug-likeness (QED) is 0.633. The van der Waals surface area contributed by atoms with E-state index < -0.39 is 22.7 Å². The average Bonchev–Trinajstić information content (AvgIpc) is 3.11. The van der Waals surface area contributed by atoms with E-state index in [1.807, 2.05) is 0 Å². The lowest BCUT2D eigenvalue weighted by molar-refractivity contribution is -0.384. The van der Waals surface area contributed by atoms with Crippen molar-refractivity contribution in [1.29, 1.82) is 0 Å². The number of nitro benzene ring substituents is 1. The molecule has 2 atom stereocenters. The molecule has 100 valence electrons. The number of nitrogens with one attached hydrogen (secondary N) is 1. The van der Waals surface area contributed by atoms with Gasteiger partial charge in [0.1, 0.15) is 0 Å². The lowest BCUT2D eigenvalue weighted by Crippen LogP contribution is -2.17. The van der Waals surface area contributed by atoms with Crippen LogP contribution in [0, 0.1) is 28.9 Å². The third kappa shape index (κ3) is 2.70. The molecule has 0 aliphatic heterocycles. The van der Waals surface area contributed by atoms with Crippen molar-refractivity contribution in [3.63, 3.8) is 0 Å². The summed E-state index contributed by atoms with van der Waals surface area (Å²) in [5, 5.41) is 21.9. The highest BCUT2D eigenvalue weighted by atomic mass is 16.6. The first-order valence-corrected chi connectivity index (χ1v) is 5.69. The van der Waals surface area contributed by atoms with Crippen LogP contribution >= 0.6 is 0 Å². The number of benzene rings is 1. The van der Waals surface area contributed by atoms with Crippen molar-refractivity contribution >= 4 is 23.3 Å². The SMILES string of the molecule is Cc1cc([N+](=O)[O-])ccc1NC(=O)[C@@H]1C[C@@H]1C(=O)O. The summed E-state index contributed by atoms with van der Waals surface area (Å²) in [6.45, 7) is 1.64. The molecule has 7 heteroatoms. The molecule has 1 amide bonds. The monoisotopic (exact) mass is 264 g/mol. The van der Waals surface area contributed by atoms with Gasteiger partial charge >= 0.3 is 5.97 Å². The summed E-state index contributed by atoms with van der Waals surface area (Å²) in [6, 6.07) is 4.10. The van der Waals surface area contributed by atoms with Gasteiger partial charge < -0.3 is 10.4 Å². The van der Waals surface area contributed by atoms with E-state index in [1.54, 1.807) is 6.92 Å². The molecule has 7 nitrogen and oxygen atoms in total. The van der Waals surface area contributed by atoms with Crippen molar-refractivity contribution in [3.05, 3.63) is 33.9 Å². The van der Waals surface area contributed by atoms with Crippen LogP contribution in [0.15, 0.2) is 18.2 Å². The number of nitrogens with zero attached hydrogens (tertiary/aromatic N) is 1. The molecule has 1 aliphatic rings. The summed E-state index contributed by atoms with van der Waals surface area (Å²) in [5.41, 5.74) is 0.979. The van der Waals surface area contributed by atoms with Gasteiger partial charge in [-0.1, -0.05) is 0 Å². The number of carboxylic acid groups (broad SMARTS) is 1. The molecular formula is C12H12N2O5. The number of non-ortho nitro benzene ring substituents is 1. The maximum Gasteiger partial charge on any atom is 0.307 e. The second-order valence-corrected chi connectivity index (χ2v) is 4.53. The first kappa shape index (κ1) is 13.0. The third-order valence-corrected chi connectivity index (χ3v) is 3.12. The standard InChI is InChI=1S/C12H12N2O5/c1-6-4-7(14(18)19)2-3-10(6)13-11(15)8-5-9(8)12(16)17/h2-4,8-9H,5H2,1H3,(H,13,15)(H,16,17)/t8-,9+/m1/s1. The van der Waals surface area contributed by atoms with Crippen molar-refractivity contribution in [1.82, 2.24) is 0 Å². The Bertz CT molecular complexity index is 569. The van der Waals surface area contributed by atoms with Crippen LogP contribution in [0.5, 0.6) is 0 Å². The molecule has 0 aromatic heterocycles. The number of rotatable bonds is 4. The normalized spacial score (nSPS) is 20.7. The van der Waals surface area contributed by atoms with E-state index in [0.717, 1.165) is 0 Å². The van der Waals surface area contributed by atoms with Gasteiger partial charge in [-0.05, 0) is 25.0 Å². The molecule has 2 N–H and O–H groups in total. The second-order valence-electron chi connectivity index (χ2n) is 4.53. The minimum Gasteiger partial charge on any atom is -0.481 e. The lowest BCUT2D eigenvalue weighted by Gasteiger charge is -2.07. The molecule has 0 saturated heterocycles. The molecule has 0 spiro atoms. The van der Waals surface area contributed by atoms with E-state index in [0.29, 0.717) is 17.7 Å². The zero-order valence-corrected chi connectivity index (χ0v) is 10.1. The Balaban J connectivity index is 2.06. The Morgan fingerprint density at radius 3 is 2.58 bits per heavy atom. The highest BCUT2D eigenvalue weighted by Crippen LogP contribution is 2.39. The number of nitro groups is 1. The summed E-state index contributed by atoms with van der Waals surface area (Å²) in [5.74, 6) is -2.45. The second kappa shape index (κ2) is 4.68. The van der Waals surface area contributed by atoms with Gasteiger partial charge in [0.15, 0.2) is 0 Å². The molecular weight excluding hydrogens is 252 g/mol. The highest BCUT2D eigenvalue weighted by Gasteiger charge is 2.48. The smallest absolute Gasteiger partial charge is 0.307 e. The van der Waals surface area contributed by atoms with Crippen molar-refractivity contribution in [2.45, 2.75) is 13.3 Å². The van der Waals surface area contributed by atoms with E-state index in [1.165, 1.54) is 18.2 Å². The van der Waals surface area contributed by atoms with Crippen LogP contribution in [0.2, 0.25) is 0 Å². The van der Waals surface area contributed by atoms with Gasteiger partial charge in [0.05, 0.1) is 16.8 Å². The van der Waals surface area contributed by atoms with Crippen LogP contribution in [-0.4, -0.2) is 21.9 Å². The van der Waals surface area contributed by atoms with Crippen LogP contribution in [0.3, 0.4) is 0 Å². The predicted octanol–water partition coefficient (Wildman–Crippen LogP) is 1.56. The number of aryl methyl sites for hydroxylation is 1. The Morgan fingerprint density at radius 1 is 1.42 bits per heavy atom. The lowest BCUT2D eigenvalue weighted by atomic mass is 10.1. The molecule has 0 heterocycles. The topological polar surface area (TPSA) is 110 Å². The fourth-order valence-electron chi connectivity index (χ4n) is 1.88. The molecule has 1 fully saturated rings. The summed E-state index contributed by atoms with van der Waals surface area (Å²) >= 11 is 0. The first-order valence-electron chi connectivity index (χ1n) is 5.69. The number of hydrogen-bond acceptors (Lipinski definition) is 4. The minimum atomic E-state index is -0.972. The van der Waals surface area contributed by atoms with Gasteiger partial charge in [-0.2, -0.15) is 0 Å². The van der Waals surface area contributed by atoms with Crippen LogP contribution in [0.25, 0.3) is 0 Å². The van der Waals surface area contributed by atoms with Crippen molar-refractivity contribution in [2.24, 2.45) is 11.8 Å². The largest absolute Gasteiger partial charge is 0.481 e. The molecule has 1 saturated carbocycles. The summed E-state index contributed by atoms with van der Waals surface area (Å²) in [6.07, 6.45) is 0.340. The molecule has 2 rings (SSSR count). The summed E-state index contributed by atoms with van der Waals surface area (Å²) in [4.78, 5) is 32.5. The van der Waals surface area contributed by atoms with E-state index in [9.17, 15) is 19.7 Å². The van der Waals surface area contributed by atoms with E-state index in [-0.39, 0.29) is 11.6 Å². The minimum absolute atomic E-state index is 0.0506. The maximum atomic E-state index is 11.8. The predicted molar refractivity (Wildman–Crippen MR) is 65.7 cm³/mol. The number of carbonyl (C=O) groups is 2. The summed E-state index contributed by atoms with van der Waals surface area (Å²) in [7, 11) is 0. The van der Waals surface area contributed by atoms with Crippen molar-refractivity contribution in [3.8, 4) is 0 Å². The van der Waals surface area contributed by atoms with E-state index in [2.05, 4.69) is 5.32 Å². The Morgan fingerprint density at radius 2 is 2.11 bits per heavy atom. The summed E-state index contributed by atoms with van der Waals surface area (Å²) < 4.78 is 0. The van der Waals surface area contributed by atoms with Gasteiger partial charge in [-0.25, -0.2) is 0 Å². The van der Waals surface area contributed by atoms with Gasteiger partial charge in [0.2, 0.25) is 5.91 Å². The van der Waals surface area contributed by atoms with Crippen LogP contribution in [-0.2, 0) is 9.59 Å². The number of hydrogen-bond donors (Lipinski definition) is 2. The molecule has 1 aromatic rings. The number of carboxylic acids is 1. The Labute approximate surface area is 108 Å². The number of amides is 1. The fraction of sp³-hybridized carbons (Fsp3) is 0.333. The number of anilines is 1. The molecule has 0 bridgehead atoms. The van der Waals surface area contributed by atoms with E-state index >= 15 is 0 Å². The average molecular weight is 264 g/mol. The fourth-order valence-corrected chi connectivity index (χ4v) is 1.88. The zero-order valence-electron chi connectivity index (χ0n) is 10.1. The van der Waals surface area contributed by atoms with Crippen molar-refractivity contribution in [2.75, 3.05) is 5.32 Å². The van der Waals surface area contributed by atoms with Gasteiger partial charge in [0.25, 0.3) is 5.69 Å². The van der Waals surface area contributed by atoms with E-state index in [4.69, 9.17) is 5.11 Å². The zero-order chi connectivity index (χ0) is 14.2. The third-order valence-electron chi connectivity index (χ3n) is 3.12. The highest BCUT2D eigenvalue weighted by molar-refractivity contribution is 5.98. The molecule has 0 radical (unpaired) electrons. The molecule has 1 aromatic carbocycles. The van der Waals surface area contributed by atoms with Crippen LogP contribution in [0.4, 0.5) is 11.4 Å². The Hall–Kier alpha value is -2.44. The van der Waals surface area contributed by atoms with Gasteiger partial charge in [0, 0.05) is 17.8 Å². The van der Waals surface area contributed by atoms with Crippen molar-refractivity contribution < 1.29 is 19.6 Å². The van der Waals surface area contributed by atoms with Gasteiger partial charge in [-0.15, -0.1) is 0 Å². The maximum absolute atomic E-state index is 11.8. The van der Waals surface area contributed by atoms with Crippen LogP contribution < -0.4 is 5.32 Å². The first-order chi connectivity index (χ1) is 8.90. The molecule has 0 unspecified atom stereocenters. The number of carbonyl (C=O) groups excluding carboxylic acids is 1. The van der Waals surface area contributed by atoms with Crippen LogP contribution in [0.1, 0.15) is 12.0 Å². The molecule has 1 aliphatic carbocycles. The van der Waals surface area contributed by atoms with Gasteiger partial charge in [-0.3, -0.25) is 19.7 Å². The number of aliphatic carboxylic acids is 1. The molecule has 19 heavy (non-hydrogen) atoms.